The molecule has 3 heterocycles. The quantitative estimate of drug-likeness (QED) is 0.662. The lowest BCUT2D eigenvalue weighted by Gasteiger charge is -2.16. The van der Waals surface area contributed by atoms with Crippen molar-refractivity contribution in [2.45, 2.75) is 51.0 Å². The van der Waals surface area contributed by atoms with Crippen molar-refractivity contribution < 1.29 is 14.7 Å². The predicted octanol–water partition coefficient (Wildman–Crippen LogP) is 0.856. The Bertz CT molecular complexity index is 873. The van der Waals surface area contributed by atoms with Gasteiger partial charge in [0.05, 0.1) is 11.6 Å². The first kappa shape index (κ1) is 19.5. The summed E-state index contributed by atoms with van der Waals surface area (Å²) >= 11 is 0. The van der Waals surface area contributed by atoms with Gasteiger partial charge >= 0.3 is 5.97 Å². The molecule has 2 atom stereocenters. The van der Waals surface area contributed by atoms with Gasteiger partial charge in [0.15, 0.2) is 0 Å². The van der Waals surface area contributed by atoms with Crippen molar-refractivity contribution in [3.8, 4) is 0 Å². The summed E-state index contributed by atoms with van der Waals surface area (Å²) in [5.74, 6) is 0.492. The van der Waals surface area contributed by atoms with Crippen molar-refractivity contribution in [1.29, 1.82) is 0 Å². The highest BCUT2D eigenvalue weighted by molar-refractivity contribution is 5.76. The van der Waals surface area contributed by atoms with Crippen molar-refractivity contribution in [3.05, 3.63) is 24.0 Å². The molecule has 10 heteroatoms. The van der Waals surface area contributed by atoms with Gasteiger partial charge in [0.2, 0.25) is 5.91 Å². The SMILES string of the molecule is Cn1cnnc1C1CCN(C(=O)CCCn2cc(CC(C(=O)O)C3CC3)nn2)C1. The molecule has 0 bridgehead atoms. The van der Waals surface area contributed by atoms with Crippen LogP contribution < -0.4 is 0 Å². The molecular formula is C19H27N7O3. The summed E-state index contributed by atoms with van der Waals surface area (Å²) in [4.78, 5) is 25.8. The Morgan fingerprint density at radius 3 is 2.79 bits per heavy atom. The Labute approximate surface area is 168 Å². The maximum Gasteiger partial charge on any atom is 0.307 e. The van der Waals surface area contributed by atoms with Gasteiger partial charge in [-0.15, -0.1) is 15.3 Å². The van der Waals surface area contributed by atoms with Crippen LogP contribution in [-0.2, 0) is 29.6 Å². The van der Waals surface area contributed by atoms with Gasteiger partial charge in [-0.2, -0.15) is 0 Å². The number of aryl methyl sites for hydroxylation is 2. The van der Waals surface area contributed by atoms with E-state index in [1.165, 1.54) is 0 Å². The number of hydrogen-bond acceptors (Lipinski definition) is 6. The fourth-order valence-electron chi connectivity index (χ4n) is 4.13. The molecule has 0 radical (unpaired) electrons. The smallest absolute Gasteiger partial charge is 0.307 e. The molecule has 0 spiro atoms. The minimum atomic E-state index is -0.752. The lowest BCUT2D eigenvalue weighted by atomic mass is 9.98. The second kappa shape index (κ2) is 8.30. The predicted molar refractivity (Wildman–Crippen MR) is 102 cm³/mol. The zero-order chi connectivity index (χ0) is 20.4. The van der Waals surface area contributed by atoms with Gasteiger partial charge < -0.3 is 14.6 Å². The van der Waals surface area contributed by atoms with Gasteiger partial charge in [0, 0.05) is 51.6 Å². The molecule has 29 heavy (non-hydrogen) atoms. The zero-order valence-corrected chi connectivity index (χ0v) is 16.6. The molecule has 1 saturated carbocycles. The number of likely N-dealkylation sites (tertiary alicyclic amines) is 1. The number of carbonyl (C=O) groups is 2. The molecule has 1 aliphatic heterocycles. The van der Waals surface area contributed by atoms with Crippen LogP contribution in [-0.4, -0.2) is 64.7 Å². The van der Waals surface area contributed by atoms with Crippen LogP contribution in [0.3, 0.4) is 0 Å². The largest absolute Gasteiger partial charge is 0.481 e. The van der Waals surface area contributed by atoms with Gasteiger partial charge in [-0.25, -0.2) is 0 Å². The maximum absolute atomic E-state index is 12.5. The number of aliphatic carboxylic acids is 1. The molecule has 4 rings (SSSR count). The Morgan fingerprint density at radius 2 is 2.10 bits per heavy atom. The molecule has 0 aromatic carbocycles. The van der Waals surface area contributed by atoms with Crippen LogP contribution in [0, 0.1) is 11.8 Å². The normalized spacial score (nSPS) is 20.2. The average Bonchev–Trinajstić information content (AvgIpc) is 3.07. The van der Waals surface area contributed by atoms with Gasteiger partial charge in [0.25, 0.3) is 0 Å². The number of rotatable bonds is 9. The molecule has 1 amide bonds. The molecule has 2 fully saturated rings. The topological polar surface area (TPSA) is 119 Å². The van der Waals surface area contributed by atoms with Gasteiger partial charge in [-0.05, 0) is 31.6 Å². The lowest BCUT2D eigenvalue weighted by Crippen LogP contribution is -2.28. The Hall–Kier alpha value is -2.78. The van der Waals surface area contributed by atoms with E-state index in [1.54, 1.807) is 11.0 Å². The number of carbonyl (C=O) groups excluding carboxylic acids is 1. The van der Waals surface area contributed by atoms with Gasteiger partial charge in [0.1, 0.15) is 12.2 Å². The fraction of sp³-hybridized carbons (Fsp3) is 0.684. The number of nitrogens with zero attached hydrogens (tertiary/aromatic N) is 7. The number of aromatic nitrogens is 6. The van der Waals surface area contributed by atoms with Crippen molar-refractivity contribution in [1.82, 2.24) is 34.7 Å². The molecule has 1 N–H and O–H groups in total. The van der Waals surface area contributed by atoms with Crippen LogP contribution in [0.1, 0.15) is 49.5 Å². The lowest BCUT2D eigenvalue weighted by molar-refractivity contribution is -0.142. The Morgan fingerprint density at radius 1 is 1.28 bits per heavy atom. The van der Waals surface area contributed by atoms with Crippen molar-refractivity contribution >= 4 is 11.9 Å². The number of amides is 1. The number of hydrogen-bond donors (Lipinski definition) is 1. The summed E-state index contributed by atoms with van der Waals surface area (Å²) in [5.41, 5.74) is 0.710. The van der Waals surface area contributed by atoms with E-state index < -0.39 is 5.97 Å². The third kappa shape index (κ3) is 4.63. The number of carboxylic acid groups (broad SMARTS) is 1. The van der Waals surface area contributed by atoms with E-state index in [-0.39, 0.29) is 23.7 Å². The van der Waals surface area contributed by atoms with Crippen LogP contribution in [0.5, 0.6) is 0 Å². The minimum Gasteiger partial charge on any atom is -0.481 e. The van der Waals surface area contributed by atoms with Crippen LogP contribution in [0.4, 0.5) is 0 Å². The minimum absolute atomic E-state index is 0.148. The average molecular weight is 401 g/mol. The molecule has 1 aliphatic carbocycles. The summed E-state index contributed by atoms with van der Waals surface area (Å²) < 4.78 is 3.62. The summed E-state index contributed by atoms with van der Waals surface area (Å²) in [6.07, 6.45) is 7.95. The highest BCUT2D eigenvalue weighted by atomic mass is 16.4. The van der Waals surface area contributed by atoms with Gasteiger partial charge in [-0.1, -0.05) is 5.21 Å². The first-order chi connectivity index (χ1) is 14.0. The van der Waals surface area contributed by atoms with Crippen molar-refractivity contribution in [3.63, 3.8) is 0 Å². The second-order valence-corrected chi connectivity index (χ2v) is 8.19. The second-order valence-electron chi connectivity index (χ2n) is 8.19. The Balaban J connectivity index is 1.21. The maximum atomic E-state index is 12.5. The molecular weight excluding hydrogens is 374 g/mol. The molecule has 2 aromatic rings. The fourth-order valence-corrected chi connectivity index (χ4v) is 4.13. The van der Waals surface area contributed by atoms with Crippen molar-refractivity contribution in [2.75, 3.05) is 13.1 Å². The van der Waals surface area contributed by atoms with E-state index in [4.69, 9.17) is 0 Å². The first-order valence-electron chi connectivity index (χ1n) is 10.2. The summed E-state index contributed by atoms with van der Waals surface area (Å²) in [5, 5.41) is 25.6. The van der Waals surface area contributed by atoms with E-state index in [0.717, 1.165) is 31.6 Å². The van der Waals surface area contributed by atoms with E-state index >= 15 is 0 Å². The van der Waals surface area contributed by atoms with E-state index in [1.807, 2.05) is 22.7 Å². The summed E-state index contributed by atoms with van der Waals surface area (Å²) in [6.45, 7) is 2.04. The first-order valence-corrected chi connectivity index (χ1v) is 10.2. The summed E-state index contributed by atoms with van der Waals surface area (Å²) in [7, 11) is 1.93. The third-order valence-electron chi connectivity index (χ3n) is 5.95. The molecule has 2 aromatic heterocycles. The monoisotopic (exact) mass is 401 g/mol. The highest BCUT2D eigenvalue weighted by Gasteiger charge is 2.36. The zero-order valence-electron chi connectivity index (χ0n) is 16.6. The van der Waals surface area contributed by atoms with E-state index in [9.17, 15) is 14.7 Å². The van der Waals surface area contributed by atoms with Crippen LogP contribution >= 0.6 is 0 Å². The van der Waals surface area contributed by atoms with Crippen LogP contribution in [0.2, 0.25) is 0 Å². The Kier molecular flexibility index (Phi) is 5.59. The van der Waals surface area contributed by atoms with Crippen molar-refractivity contribution in [2.24, 2.45) is 18.9 Å². The molecule has 2 unspecified atom stereocenters. The molecule has 10 nitrogen and oxygen atoms in total. The molecule has 2 aliphatic rings. The third-order valence-corrected chi connectivity index (χ3v) is 5.95. The highest BCUT2D eigenvalue weighted by Crippen LogP contribution is 2.38. The van der Waals surface area contributed by atoms with E-state index in [0.29, 0.717) is 38.0 Å². The van der Waals surface area contributed by atoms with E-state index in [2.05, 4.69) is 20.5 Å². The molecule has 156 valence electrons. The standard InChI is InChI=1S/C19H27N7O3/c1-24-12-20-22-18(24)14-6-8-25(10-14)17(27)3-2-7-26-11-15(21-23-26)9-16(19(28)29)13-4-5-13/h11-14,16H,2-10H2,1H3,(H,28,29). The van der Waals surface area contributed by atoms with Crippen LogP contribution in [0.15, 0.2) is 12.5 Å². The number of carboxylic acids is 1. The van der Waals surface area contributed by atoms with Gasteiger partial charge in [-0.3, -0.25) is 14.3 Å². The van der Waals surface area contributed by atoms with Crippen LogP contribution in [0.25, 0.3) is 0 Å². The summed E-state index contributed by atoms with van der Waals surface area (Å²) in [6, 6.07) is 0. The molecule has 1 saturated heterocycles.